The molecule has 0 fully saturated rings. The summed E-state index contributed by atoms with van der Waals surface area (Å²) in [6.07, 6.45) is 0.627. The first kappa shape index (κ1) is 13.1. The summed E-state index contributed by atoms with van der Waals surface area (Å²) in [5.74, 6) is 2.05. The number of nitrogens with two attached hydrogens (primary N) is 1. The maximum absolute atomic E-state index is 5.68. The lowest BCUT2D eigenvalue weighted by Gasteiger charge is -1.99. The van der Waals surface area contributed by atoms with E-state index in [9.17, 15) is 0 Å². The molecule has 0 saturated heterocycles. The van der Waals surface area contributed by atoms with Crippen LogP contribution in [0.3, 0.4) is 0 Å². The monoisotopic (exact) mass is 263 g/mol. The van der Waals surface area contributed by atoms with E-state index in [0.717, 1.165) is 5.82 Å². The van der Waals surface area contributed by atoms with Crippen LogP contribution in [0.5, 0.6) is 0 Å². The second-order valence-corrected chi connectivity index (χ2v) is 5.44. The zero-order valence-corrected chi connectivity index (χ0v) is 11.4. The van der Waals surface area contributed by atoms with E-state index in [1.54, 1.807) is 11.8 Å². The maximum Gasteiger partial charge on any atom is 0.228 e. The van der Waals surface area contributed by atoms with Gasteiger partial charge in [0.25, 0.3) is 0 Å². The number of thioether (sulfide) groups is 1. The predicted octanol–water partition coefficient (Wildman–Crippen LogP) is 2.56. The Bertz CT molecular complexity index is 510. The van der Waals surface area contributed by atoms with E-state index >= 15 is 0 Å². The third kappa shape index (κ3) is 3.85. The van der Waals surface area contributed by atoms with Crippen LogP contribution in [-0.4, -0.2) is 16.2 Å². The van der Waals surface area contributed by atoms with Crippen LogP contribution in [0, 0.1) is 6.92 Å². The standard InChI is InChI=1S/C13H17N3OS/c1-9-4-3-5-11(6-9)18-8-12-15-13(17-16-12)7-10(2)14/h3-6,10H,7-8,14H2,1-2H3. The highest BCUT2D eigenvalue weighted by Gasteiger charge is 2.08. The molecule has 0 aliphatic rings. The molecule has 1 atom stereocenters. The molecule has 2 aromatic rings. The smallest absolute Gasteiger partial charge is 0.228 e. The number of benzene rings is 1. The van der Waals surface area contributed by atoms with Crippen molar-refractivity contribution in [3.05, 3.63) is 41.5 Å². The molecule has 1 aromatic carbocycles. The minimum absolute atomic E-state index is 0.0442. The normalized spacial score (nSPS) is 12.6. The Labute approximate surface area is 111 Å². The minimum Gasteiger partial charge on any atom is -0.339 e. The second kappa shape index (κ2) is 6.02. The summed E-state index contributed by atoms with van der Waals surface area (Å²) >= 11 is 1.70. The Morgan fingerprint density at radius 2 is 2.28 bits per heavy atom. The van der Waals surface area contributed by atoms with Gasteiger partial charge in [0.2, 0.25) is 5.89 Å². The van der Waals surface area contributed by atoms with Crippen molar-refractivity contribution in [1.29, 1.82) is 0 Å². The fourth-order valence-electron chi connectivity index (χ4n) is 1.56. The zero-order chi connectivity index (χ0) is 13.0. The lowest BCUT2D eigenvalue weighted by molar-refractivity contribution is 0.368. The van der Waals surface area contributed by atoms with Crippen LogP contribution < -0.4 is 5.73 Å². The van der Waals surface area contributed by atoms with Crippen molar-refractivity contribution < 1.29 is 4.52 Å². The molecule has 2 rings (SSSR count). The van der Waals surface area contributed by atoms with Gasteiger partial charge in [-0.1, -0.05) is 22.9 Å². The van der Waals surface area contributed by atoms with E-state index in [1.807, 2.05) is 6.92 Å². The van der Waals surface area contributed by atoms with E-state index in [2.05, 4.69) is 41.3 Å². The Balaban J connectivity index is 1.92. The van der Waals surface area contributed by atoms with E-state index in [1.165, 1.54) is 10.5 Å². The van der Waals surface area contributed by atoms with Gasteiger partial charge < -0.3 is 10.3 Å². The molecule has 0 spiro atoms. The van der Waals surface area contributed by atoms with E-state index in [4.69, 9.17) is 10.3 Å². The Morgan fingerprint density at radius 3 is 3.00 bits per heavy atom. The molecular weight excluding hydrogens is 246 g/mol. The fourth-order valence-corrected chi connectivity index (χ4v) is 2.42. The van der Waals surface area contributed by atoms with Crippen molar-refractivity contribution >= 4 is 11.8 Å². The third-order valence-electron chi connectivity index (χ3n) is 2.36. The molecule has 0 radical (unpaired) electrons. The highest BCUT2D eigenvalue weighted by Crippen LogP contribution is 2.22. The summed E-state index contributed by atoms with van der Waals surface area (Å²) in [7, 11) is 0. The average molecular weight is 263 g/mol. The number of hydrogen-bond acceptors (Lipinski definition) is 5. The highest BCUT2D eigenvalue weighted by molar-refractivity contribution is 7.98. The van der Waals surface area contributed by atoms with Crippen LogP contribution in [0.25, 0.3) is 0 Å². The van der Waals surface area contributed by atoms with Gasteiger partial charge in [-0.25, -0.2) is 0 Å². The zero-order valence-electron chi connectivity index (χ0n) is 10.6. The van der Waals surface area contributed by atoms with Crippen LogP contribution >= 0.6 is 11.8 Å². The van der Waals surface area contributed by atoms with Crippen LogP contribution in [-0.2, 0) is 12.2 Å². The molecule has 2 N–H and O–H groups in total. The van der Waals surface area contributed by atoms with Crippen molar-refractivity contribution in [3.63, 3.8) is 0 Å². The SMILES string of the molecule is Cc1cccc(SCc2noc(CC(C)N)n2)c1. The summed E-state index contributed by atoms with van der Waals surface area (Å²) in [6.45, 7) is 4.00. The molecule has 5 heteroatoms. The molecule has 0 bridgehead atoms. The Kier molecular flexibility index (Phi) is 4.38. The first-order chi connectivity index (χ1) is 8.63. The molecule has 0 saturated carbocycles. The van der Waals surface area contributed by atoms with Gasteiger partial charge in [0, 0.05) is 17.4 Å². The van der Waals surface area contributed by atoms with Crippen molar-refractivity contribution in [2.24, 2.45) is 5.73 Å². The topological polar surface area (TPSA) is 64.9 Å². The minimum atomic E-state index is 0.0442. The van der Waals surface area contributed by atoms with Gasteiger partial charge in [-0.3, -0.25) is 0 Å². The largest absolute Gasteiger partial charge is 0.339 e. The number of aryl methyl sites for hydroxylation is 1. The molecule has 1 heterocycles. The molecule has 0 amide bonds. The van der Waals surface area contributed by atoms with E-state index < -0.39 is 0 Å². The Hall–Kier alpha value is -1.33. The van der Waals surface area contributed by atoms with Crippen LogP contribution in [0.4, 0.5) is 0 Å². The fraction of sp³-hybridized carbons (Fsp3) is 0.385. The Morgan fingerprint density at radius 1 is 1.44 bits per heavy atom. The molecule has 0 aliphatic carbocycles. The molecule has 1 unspecified atom stereocenters. The molecule has 1 aromatic heterocycles. The number of rotatable bonds is 5. The van der Waals surface area contributed by atoms with E-state index in [-0.39, 0.29) is 6.04 Å². The third-order valence-corrected chi connectivity index (χ3v) is 3.35. The lowest BCUT2D eigenvalue weighted by atomic mass is 10.2. The predicted molar refractivity (Wildman–Crippen MR) is 72.4 cm³/mol. The number of hydrogen-bond donors (Lipinski definition) is 1. The molecular formula is C13H17N3OS. The lowest BCUT2D eigenvalue weighted by Crippen LogP contribution is -2.17. The van der Waals surface area contributed by atoms with Gasteiger partial charge in [-0.2, -0.15) is 4.98 Å². The number of aromatic nitrogens is 2. The van der Waals surface area contributed by atoms with Crippen molar-refractivity contribution in [2.45, 2.75) is 37.0 Å². The molecule has 4 nitrogen and oxygen atoms in total. The second-order valence-electron chi connectivity index (χ2n) is 4.39. The first-order valence-corrected chi connectivity index (χ1v) is 6.88. The van der Waals surface area contributed by atoms with Crippen molar-refractivity contribution in [1.82, 2.24) is 10.1 Å². The average Bonchev–Trinajstić information content (AvgIpc) is 2.73. The van der Waals surface area contributed by atoms with Crippen LogP contribution in [0.2, 0.25) is 0 Å². The van der Waals surface area contributed by atoms with Gasteiger partial charge >= 0.3 is 0 Å². The summed E-state index contributed by atoms with van der Waals surface area (Å²) in [5.41, 5.74) is 6.94. The molecule has 0 aliphatic heterocycles. The molecule has 18 heavy (non-hydrogen) atoms. The van der Waals surface area contributed by atoms with Gasteiger partial charge in [0.15, 0.2) is 5.82 Å². The van der Waals surface area contributed by atoms with Crippen LogP contribution in [0.15, 0.2) is 33.7 Å². The summed E-state index contributed by atoms with van der Waals surface area (Å²) in [5, 5.41) is 3.94. The highest BCUT2D eigenvalue weighted by atomic mass is 32.2. The van der Waals surface area contributed by atoms with Crippen molar-refractivity contribution in [2.75, 3.05) is 0 Å². The first-order valence-electron chi connectivity index (χ1n) is 5.90. The summed E-state index contributed by atoms with van der Waals surface area (Å²) < 4.78 is 5.13. The van der Waals surface area contributed by atoms with Crippen molar-refractivity contribution in [3.8, 4) is 0 Å². The quantitative estimate of drug-likeness (QED) is 0.840. The van der Waals surface area contributed by atoms with E-state index in [0.29, 0.717) is 18.1 Å². The van der Waals surface area contributed by atoms with Gasteiger partial charge in [0.1, 0.15) is 0 Å². The maximum atomic E-state index is 5.68. The molecule has 96 valence electrons. The van der Waals surface area contributed by atoms with Gasteiger partial charge in [-0.15, -0.1) is 11.8 Å². The van der Waals surface area contributed by atoms with Gasteiger partial charge in [-0.05, 0) is 26.0 Å². The summed E-state index contributed by atoms with van der Waals surface area (Å²) in [4.78, 5) is 5.53. The number of nitrogens with zero attached hydrogens (tertiary/aromatic N) is 2. The van der Waals surface area contributed by atoms with Gasteiger partial charge in [0.05, 0.1) is 5.75 Å². The van der Waals surface area contributed by atoms with Crippen LogP contribution in [0.1, 0.15) is 24.2 Å². The summed E-state index contributed by atoms with van der Waals surface area (Å²) in [6, 6.07) is 8.41.